The van der Waals surface area contributed by atoms with Crippen molar-refractivity contribution in [3.8, 4) is 0 Å². The molecule has 1 aliphatic rings. The predicted molar refractivity (Wildman–Crippen MR) is 112 cm³/mol. The third-order valence-corrected chi connectivity index (χ3v) is 5.94. The largest absolute Gasteiger partial charge is 0.371 e. The van der Waals surface area contributed by atoms with Crippen LogP contribution in [0.4, 0.5) is 0 Å². The number of ether oxygens (including phenoxy) is 1. The lowest BCUT2D eigenvalue weighted by Crippen LogP contribution is -2.37. The maximum atomic E-state index is 11.5. The van der Waals surface area contributed by atoms with Gasteiger partial charge in [0.15, 0.2) is 0 Å². The average molecular weight is 410 g/mol. The Morgan fingerprint density at radius 2 is 1.78 bits per heavy atom. The summed E-state index contributed by atoms with van der Waals surface area (Å²) in [5.74, 6) is 0.207. The molecule has 0 saturated carbocycles. The van der Waals surface area contributed by atoms with Crippen LogP contribution in [-0.4, -0.2) is 45.0 Å². The van der Waals surface area contributed by atoms with Crippen LogP contribution in [0.3, 0.4) is 0 Å². The summed E-state index contributed by atoms with van der Waals surface area (Å²) in [4.78, 5) is 2.41. The van der Waals surface area contributed by atoms with Crippen molar-refractivity contribution >= 4 is 22.2 Å². The molecule has 0 bridgehead atoms. The third-order valence-electron chi connectivity index (χ3n) is 4.83. The van der Waals surface area contributed by atoms with Crippen molar-refractivity contribution in [2.24, 2.45) is 0 Å². The van der Waals surface area contributed by atoms with E-state index in [0.29, 0.717) is 0 Å². The van der Waals surface area contributed by atoms with Crippen molar-refractivity contribution in [3.05, 3.63) is 71.3 Å². The first-order valence-corrected chi connectivity index (χ1v) is 11.1. The van der Waals surface area contributed by atoms with Crippen molar-refractivity contribution in [1.82, 2.24) is 4.90 Å². The molecular formula is C21H28ClNO3S. The summed E-state index contributed by atoms with van der Waals surface area (Å²) in [7, 11) is -2.96. The van der Waals surface area contributed by atoms with Gasteiger partial charge in [-0.25, -0.2) is 8.42 Å². The highest BCUT2D eigenvalue weighted by molar-refractivity contribution is 7.90. The van der Waals surface area contributed by atoms with E-state index >= 15 is 0 Å². The van der Waals surface area contributed by atoms with Crippen molar-refractivity contribution in [2.45, 2.75) is 25.5 Å². The molecule has 27 heavy (non-hydrogen) atoms. The van der Waals surface area contributed by atoms with E-state index in [2.05, 4.69) is 41.3 Å². The maximum Gasteiger partial charge on any atom is 0.148 e. The second-order valence-corrected chi connectivity index (χ2v) is 9.43. The number of halogens is 1. The highest BCUT2D eigenvalue weighted by Gasteiger charge is 2.22. The average Bonchev–Trinajstić information content (AvgIpc) is 2.62. The minimum Gasteiger partial charge on any atom is -0.371 e. The quantitative estimate of drug-likeness (QED) is 0.727. The van der Waals surface area contributed by atoms with Crippen LogP contribution < -0.4 is 0 Å². The number of hydrogen-bond acceptors (Lipinski definition) is 4. The van der Waals surface area contributed by atoms with Gasteiger partial charge in [0.05, 0.1) is 18.5 Å². The van der Waals surface area contributed by atoms with Crippen molar-refractivity contribution in [3.63, 3.8) is 0 Å². The molecule has 3 rings (SSSR count). The van der Waals surface area contributed by atoms with Crippen LogP contribution in [0.5, 0.6) is 0 Å². The van der Waals surface area contributed by atoms with Crippen molar-refractivity contribution in [1.29, 1.82) is 0 Å². The lowest BCUT2D eigenvalue weighted by molar-refractivity contribution is -0.0329. The Labute approximate surface area is 168 Å². The summed E-state index contributed by atoms with van der Waals surface area (Å²) in [6.07, 6.45) is 1.42. The van der Waals surface area contributed by atoms with E-state index in [1.54, 1.807) is 0 Å². The van der Waals surface area contributed by atoms with Crippen LogP contribution in [0.15, 0.2) is 54.6 Å². The molecule has 2 aromatic carbocycles. The Balaban J connectivity index is 0.00000261. The van der Waals surface area contributed by atoms with E-state index in [0.717, 1.165) is 31.8 Å². The lowest BCUT2D eigenvalue weighted by atomic mass is 10.0. The van der Waals surface area contributed by atoms with Crippen LogP contribution in [0.1, 0.15) is 35.6 Å². The molecule has 0 amide bonds. The van der Waals surface area contributed by atoms with Gasteiger partial charge in [-0.05, 0) is 22.6 Å². The second kappa shape index (κ2) is 9.69. The monoisotopic (exact) mass is 409 g/mol. The minimum atomic E-state index is -2.96. The van der Waals surface area contributed by atoms with Gasteiger partial charge in [0.2, 0.25) is 0 Å². The van der Waals surface area contributed by atoms with Gasteiger partial charge in [0.1, 0.15) is 9.84 Å². The van der Waals surface area contributed by atoms with Gasteiger partial charge >= 0.3 is 0 Å². The van der Waals surface area contributed by atoms with E-state index in [-0.39, 0.29) is 30.2 Å². The van der Waals surface area contributed by atoms with E-state index in [1.165, 1.54) is 17.4 Å². The molecule has 0 aromatic heterocycles. The second-order valence-electron chi connectivity index (χ2n) is 7.24. The zero-order valence-electron chi connectivity index (χ0n) is 15.9. The Kier molecular flexibility index (Phi) is 7.86. The summed E-state index contributed by atoms with van der Waals surface area (Å²) in [5.41, 5.74) is 3.54. The van der Waals surface area contributed by atoms with Gasteiger partial charge in [-0.2, -0.15) is 0 Å². The van der Waals surface area contributed by atoms with E-state index in [4.69, 9.17) is 4.74 Å². The third kappa shape index (κ3) is 6.61. The topological polar surface area (TPSA) is 46.6 Å². The highest BCUT2D eigenvalue weighted by Crippen LogP contribution is 2.24. The number of morpholine rings is 1. The molecule has 0 spiro atoms. The molecule has 1 fully saturated rings. The van der Waals surface area contributed by atoms with Crippen LogP contribution in [0.2, 0.25) is 0 Å². The van der Waals surface area contributed by atoms with Gasteiger partial charge in [0.25, 0.3) is 0 Å². The fraction of sp³-hybridized carbons (Fsp3) is 0.429. The zero-order valence-corrected chi connectivity index (χ0v) is 17.5. The van der Waals surface area contributed by atoms with Gasteiger partial charge in [-0.1, -0.05) is 61.5 Å². The molecule has 1 heterocycles. The number of sulfone groups is 1. The molecule has 6 heteroatoms. The molecule has 1 aliphatic heterocycles. The van der Waals surface area contributed by atoms with E-state index in [9.17, 15) is 8.42 Å². The molecule has 1 saturated heterocycles. The first-order chi connectivity index (χ1) is 12.4. The summed E-state index contributed by atoms with van der Waals surface area (Å²) >= 11 is 0. The first-order valence-electron chi connectivity index (χ1n) is 9.06. The zero-order chi connectivity index (χ0) is 18.6. The molecule has 2 aromatic rings. The Hall–Kier alpha value is -1.40. The summed E-state index contributed by atoms with van der Waals surface area (Å²) in [6.45, 7) is 5.39. The summed E-state index contributed by atoms with van der Waals surface area (Å²) in [6, 6.07) is 18.7. The van der Waals surface area contributed by atoms with Gasteiger partial charge < -0.3 is 4.74 Å². The number of rotatable bonds is 6. The molecule has 148 valence electrons. The molecule has 4 nitrogen and oxygen atoms in total. The smallest absolute Gasteiger partial charge is 0.148 e. The van der Waals surface area contributed by atoms with Gasteiger partial charge in [0, 0.05) is 25.9 Å². The minimum absolute atomic E-state index is 0. The highest BCUT2D eigenvalue weighted by atomic mass is 35.5. The fourth-order valence-electron chi connectivity index (χ4n) is 3.48. The Morgan fingerprint density at radius 1 is 1.11 bits per heavy atom. The van der Waals surface area contributed by atoms with Crippen LogP contribution in [-0.2, 0) is 21.1 Å². The van der Waals surface area contributed by atoms with Gasteiger partial charge in [-0.15, -0.1) is 12.4 Å². The standard InChI is InChI=1S/C21H27NO3S.ClH/c1-17(16-26(2,23)24)19-10-8-18(9-11-19)14-22-12-13-25-21(15-22)20-6-4-3-5-7-20;/h3-11,17,21H,12-16H2,1-2H3;1H/t17-,21+;/m0./s1. The Morgan fingerprint density at radius 3 is 2.41 bits per heavy atom. The number of hydrogen-bond donors (Lipinski definition) is 0. The predicted octanol–water partition coefficient (Wildman–Crippen LogP) is 3.83. The molecule has 0 aliphatic carbocycles. The molecule has 0 N–H and O–H groups in total. The van der Waals surface area contributed by atoms with E-state index in [1.807, 2.05) is 25.1 Å². The SMILES string of the molecule is C[C@@H](CS(C)(=O)=O)c1ccc(CN2CCO[C@@H](c3ccccc3)C2)cc1.Cl. The summed E-state index contributed by atoms with van der Waals surface area (Å²) in [5, 5.41) is 0. The van der Waals surface area contributed by atoms with E-state index < -0.39 is 9.84 Å². The first kappa shape index (κ1) is 21.9. The normalized spacial score (nSPS) is 19.3. The molecule has 2 atom stereocenters. The van der Waals surface area contributed by atoms with Gasteiger partial charge in [-0.3, -0.25) is 4.90 Å². The van der Waals surface area contributed by atoms with Crippen molar-refractivity contribution < 1.29 is 13.2 Å². The molecule has 0 radical (unpaired) electrons. The fourth-order valence-corrected chi connectivity index (χ4v) is 4.58. The Bertz CT molecular complexity index is 809. The molecular weight excluding hydrogens is 382 g/mol. The maximum absolute atomic E-state index is 11.5. The lowest BCUT2D eigenvalue weighted by Gasteiger charge is -2.33. The van der Waals surface area contributed by atoms with Crippen LogP contribution in [0, 0.1) is 0 Å². The number of benzene rings is 2. The molecule has 0 unspecified atom stereocenters. The van der Waals surface area contributed by atoms with Crippen LogP contribution >= 0.6 is 12.4 Å². The number of nitrogens with zero attached hydrogens (tertiary/aromatic N) is 1. The van der Waals surface area contributed by atoms with Crippen LogP contribution in [0.25, 0.3) is 0 Å². The van der Waals surface area contributed by atoms with Crippen molar-refractivity contribution in [2.75, 3.05) is 31.7 Å². The summed E-state index contributed by atoms with van der Waals surface area (Å²) < 4.78 is 28.9.